The first-order valence-electron chi connectivity index (χ1n) is 9.21. The number of imidazole rings is 1. The minimum absolute atomic E-state index is 0. The van der Waals surface area contributed by atoms with E-state index in [2.05, 4.69) is 68.9 Å². The number of rotatable bonds is 7. The molecule has 0 spiro atoms. The van der Waals surface area contributed by atoms with Crippen LogP contribution in [-0.4, -0.2) is 27.5 Å². The molecule has 150 valence electrons. The van der Waals surface area contributed by atoms with E-state index in [1.807, 2.05) is 24.4 Å². The number of halogens is 1. The molecular weight excluding hydrogens is 483 g/mol. The summed E-state index contributed by atoms with van der Waals surface area (Å²) in [6, 6.07) is 10.2. The Bertz CT molecular complexity index is 872. The Morgan fingerprint density at radius 3 is 2.68 bits per heavy atom. The molecule has 0 unspecified atom stereocenters. The number of hydrogen-bond acceptors (Lipinski definition) is 4. The lowest BCUT2D eigenvalue weighted by Gasteiger charge is -2.09. The van der Waals surface area contributed by atoms with Crippen LogP contribution in [0.1, 0.15) is 43.2 Å². The van der Waals surface area contributed by atoms with Crippen molar-refractivity contribution in [3.8, 4) is 11.3 Å². The molecule has 0 saturated carbocycles. The normalized spacial score (nSPS) is 11.4. The maximum absolute atomic E-state index is 4.65. The Labute approximate surface area is 187 Å². The molecule has 0 aliphatic carbocycles. The topological polar surface area (TPSA) is 78.0 Å². The van der Waals surface area contributed by atoms with Gasteiger partial charge in [-0.2, -0.15) is 0 Å². The lowest BCUT2D eigenvalue weighted by atomic mass is 10.2. The highest BCUT2D eigenvalue weighted by Crippen LogP contribution is 2.18. The second-order valence-corrected chi connectivity index (χ2v) is 7.42. The molecule has 2 heterocycles. The van der Waals surface area contributed by atoms with E-state index in [9.17, 15) is 0 Å². The molecule has 3 N–H and O–H groups in total. The summed E-state index contributed by atoms with van der Waals surface area (Å²) >= 11 is 1.68. The second-order valence-electron chi connectivity index (χ2n) is 6.48. The number of benzene rings is 1. The van der Waals surface area contributed by atoms with Gasteiger partial charge < -0.3 is 15.6 Å². The molecule has 0 aliphatic rings. The van der Waals surface area contributed by atoms with Crippen LogP contribution in [0.15, 0.2) is 46.9 Å². The van der Waals surface area contributed by atoms with E-state index in [-0.39, 0.29) is 24.0 Å². The van der Waals surface area contributed by atoms with E-state index in [0.29, 0.717) is 19.0 Å². The fraction of sp³-hybridized carbons (Fsp3) is 0.350. The third kappa shape index (κ3) is 6.30. The van der Waals surface area contributed by atoms with Crippen LogP contribution in [0.25, 0.3) is 11.3 Å². The number of aliphatic imine (C=N–C) groups is 1. The fourth-order valence-corrected chi connectivity index (χ4v) is 3.43. The van der Waals surface area contributed by atoms with Crippen LogP contribution in [0.2, 0.25) is 0 Å². The summed E-state index contributed by atoms with van der Waals surface area (Å²) in [7, 11) is 0. The van der Waals surface area contributed by atoms with Crippen molar-refractivity contribution in [1.82, 2.24) is 25.6 Å². The van der Waals surface area contributed by atoms with Gasteiger partial charge in [0.1, 0.15) is 17.4 Å². The number of nitrogens with zero attached hydrogens (tertiary/aromatic N) is 3. The molecule has 3 rings (SSSR count). The number of thiazole rings is 1. The van der Waals surface area contributed by atoms with Crippen molar-refractivity contribution in [3.63, 3.8) is 0 Å². The molecule has 0 aliphatic heterocycles. The summed E-state index contributed by atoms with van der Waals surface area (Å²) in [5.74, 6) is 2.05. The monoisotopic (exact) mass is 510 g/mol. The zero-order valence-electron chi connectivity index (χ0n) is 16.4. The summed E-state index contributed by atoms with van der Waals surface area (Å²) in [5, 5.41) is 9.80. The first-order valence-corrected chi connectivity index (χ1v) is 10.1. The highest BCUT2D eigenvalue weighted by molar-refractivity contribution is 14.0. The van der Waals surface area contributed by atoms with Crippen molar-refractivity contribution in [3.05, 3.63) is 58.4 Å². The first kappa shape index (κ1) is 22.4. The largest absolute Gasteiger partial charge is 0.357 e. The molecule has 3 aromatic rings. The van der Waals surface area contributed by atoms with E-state index in [1.54, 1.807) is 11.3 Å². The molecule has 6 nitrogen and oxygen atoms in total. The van der Waals surface area contributed by atoms with Gasteiger partial charge >= 0.3 is 0 Å². The van der Waals surface area contributed by atoms with Gasteiger partial charge in [0.2, 0.25) is 0 Å². The lowest BCUT2D eigenvalue weighted by Crippen LogP contribution is -2.36. The van der Waals surface area contributed by atoms with Crippen LogP contribution in [0, 0.1) is 0 Å². The van der Waals surface area contributed by atoms with Gasteiger partial charge in [-0.3, -0.25) is 0 Å². The number of aromatic amines is 1. The quantitative estimate of drug-likeness (QED) is 0.248. The van der Waals surface area contributed by atoms with E-state index in [4.69, 9.17) is 0 Å². The lowest BCUT2D eigenvalue weighted by molar-refractivity contribution is 0.784. The zero-order chi connectivity index (χ0) is 19.1. The molecule has 28 heavy (non-hydrogen) atoms. The van der Waals surface area contributed by atoms with E-state index < -0.39 is 0 Å². The van der Waals surface area contributed by atoms with Crippen molar-refractivity contribution < 1.29 is 0 Å². The summed E-state index contributed by atoms with van der Waals surface area (Å²) in [5.41, 5.74) is 3.26. The molecular formula is C20H27IN6S. The van der Waals surface area contributed by atoms with Crippen molar-refractivity contribution in [2.45, 2.75) is 39.8 Å². The molecule has 0 fully saturated rings. The summed E-state index contributed by atoms with van der Waals surface area (Å²) in [6.45, 7) is 8.32. The van der Waals surface area contributed by atoms with Gasteiger partial charge in [-0.1, -0.05) is 44.2 Å². The van der Waals surface area contributed by atoms with Gasteiger partial charge in [-0.15, -0.1) is 35.3 Å². The Morgan fingerprint density at radius 1 is 1.21 bits per heavy atom. The van der Waals surface area contributed by atoms with E-state index in [1.165, 1.54) is 0 Å². The molecule has 0 bridgehead atoms. The smallest absolute Gasteiger partial charge is 0.192 e. The minimum Gasteiger partial charge on any atom is -0.357 e. The second kappa shape index (κ2) is 11.2. The van der Waals surface area contributed by atoms with Crippen LogP contribution < -0.4 is 10.6 Å². The number of hydrogen-bond donors (Lipinski definition) is 3. The van der Waals surface area contributed by atoms with E-state index in [0.717, 1.165) is 40.3 Å². The highest BCUT2D eigenvalue weighted by atomic mass is 127. The zero-order valence-corrected chi connectivity index (χ0v) is 19.5. The molecule has 8 heteroatoms. The van der Waals surface area contributed by atoms with Gasteiger partial charge in [-0.25, -0.2) is 15.0 Å². The van der Waals surface area contributed by atoms with Gasteiger partial charge in [0.15, 0.2) is 5.96 Å². The Hall–Kier alpha value is -1.94. The number of nitrogens with one attached hydrogen (secondary N) is 3. The van der Waals surface area contributed by atoms with Crippen molar-refractivity contribution in [1.29, 1.82) is 0 Å². The molecule has 0 amide bonds. The molecule has 0 atom stereocenters. The third-order valence-electron chi connectivity index (χ3n) is 4.01. The fourth-order valence-electron chi connectivity index (χ4n) is 2.53. The number of guanidine groups is 1. The van der Waals surface area contributed by atoms with Crippen LogP contribution in [-0.2, 0) is 13.1 Å². The SMILES string of the molecule is CCNC(=NCc1ncc(-c2ccccc2)[nH]1)NCc1nc(C(C)C)cs1.I. The van der Waals surface area contributed by atoms with Gasteiger partial charge in [0, 0.05) is 11.9 Å². The summed E-state index contributed by atoms with van der Waals surface area (Å²) in [6.07, 6.45) is 1.85. The average Bonchev–Trinajstić information content (AvgIpc) is 3.34. The maximum Gasteiger partial charge on any atom is 0.192 e. The van der Waals surface area contributed by atoms with Crippen LogP contribution in [0.3, 0.4) is 0 Å². The molecule has 2 aromatic heterocycles. The summed E-state index contributed by atoms with van der Waals surface area (Å²) < 4.78 is 0. The van der Waals surface area contributed by atoms with Gasteiger partial charge in [-0.05, 0) is 18.4 Å². The average molecular weight is 510 g/mol. The van der Waals surface area contributed by atoms with Crippen molar-refractivity contribution in [2.75, 3.05) is 6.54 Å². The van der Waals surface area contributed by atoms with Crippen LogP contribution >= 0.6 is 35.3 Å². The Balaban J connectivity index is 0.00000280. The molecule has 1 aromatic carbocycles. The molecule has 0 radical (unpaired) electrons. The van der Waals surface area contributed by atoms with Gasteiger partial charge in [0.25, 0.3) is 0 Å². The highest BCUT2D eigenvalue weighted by Gasteiger charge is 2.07. The standard InChI is InChI=1S/C20H26N6S.HI/c1-4-21-20(24-12-19-26-17(13-27-19)14(2)3)23-11-18-22-10-16(25-18)15-8-6-5-7-9-15;/h5-10,13-14H,4,11-12H2,1-3H3,(H,22,25)(H2,21,23,24);1H. The van der Waals surface area contributed by atoms with Crippen LogP contribution in [0.4, 0.5) is 0 Å². The predicted molar refractivity (Wildman–Crippen MR) is 127 cm³/mol. The van der Waals surface area contributed by atoms with Crippen molar-refractivity contribution >= 4 is 41.3 Å². The summed E-state index contributed by atoms with van der Waals surface area (Å²) in [4.78, 5) is 17.0. The van der Waals surface area contributed by atoms with Gasteiger partial charge in [0.05, 0.1) is 24.1 Å². The Kier molecular flexibility index (Phi) is 8.91. The van der Waals surface area contributed by atoms with E-state index >= 15 is 0 Å². The predicted octanol–water partition coefficient (Wildman–Crippen LogP) is 4.53. The number of H-pyrrole nitrogens is 1. The Morgan fingerprint density at radius 2 is 2.00 bits per heavy atom. The third-order valence-corrected chi connectivity index (χ3v) is 4.88. The van der Waals surface area contributed by atoms with Crippen LogP contribution in [0.5, 0.6) is 0 Å². The number of aromatic nitrogens is 3. The van der Waals surface area contributed by atoms with Crippen molar-refractivity contribution in [2.24, 2.45) is 4.99 Å². The minimum atomic E-state index is 0. The first-order chi connectivity index (χ1) is 13.2. The maximum atomic E-state index is 4.65. The molecule has 0 saturated heterocycles.